The van der Waals surface area contributed by atoms with Gasteiger partial charge in [0.15, 0.2) is 11.5 Å². The van der Waals surface area contributed by atoms with E-state index in [-0.39, 0.29) is 35.1 Å². The van der Waals surface area contributed by atoms with E-state index in [1.807, 2.05) is 6.07 Å². The fourth-order valence-corrected chi connectivity index (χ4v) is 3.16. The topological polar surface area (TPSA) is 101 Å². The molecular weight excluding hydrogens is 336 g/mol. The van der Waals surface area contributed by atoms with Crippen molar-refractivity contribution >= 4 is 5.91 Å². The second kappa shape index (κ2) is 7.61. The maximum Gasteiger partial charge on any atom is 0.255 e. The highest BCUT2D eigenvalue weighted by Gasteiger charge is 2.36. The number of ether oxygens (including phenoxy) is 2. The molecule has 1 aromatic heterocycles. The Morgan fingerprint density at radius 3 is 2.58 bits per heavy atom. The van der Waals surface area contributed by atoms with Crippen molar-refractivity contribution in [3.8, 4) is 17.4 Å². The molecule has 7 nitrogen and oxygen atoms in total. The third-order valence-electron chi connectivity index (χ3n) is 4.70. The van der Waals surface area contributed by atoms with Gasteiger partial charge in [-0.2, -0.15) is 0 Å². The van der Waals surface area contributed by atoms with Gasteiger partial charge in [-0.15, -0.1) is 0 Å². The molecule has 0 aliphatic heterocycles. The van der Waals surface area contributed by atoms with Crippen LogP contribution in [0.1, 0.15) is 34.8 Å². The lowest BCUT2D eigenvalue weighted by Gasteiger charge is -2.38. The number of pyridine rings is 1. The Bertz CT molecular complexity index is 772. The number of amides is 1. The summed E-state index contributed by atoms with van der Waals surface area (Å²) >= 11 is 0. The van der Waals surface area contributed by atoms with Gasteiger partial charge < -0.3 is 25.0 Å². The van der Waals surface area contributed by atoms with E-state index in [1.165, 1.54) is 20.3 Å². The van der Waals surface area contributed by atoms with Crippen LogP contribution in [0, 0.1) is 5.92 Å². The molecule has 1 heterocycles. The Morgan fingerprint density at radius 1 is 1.23 bits per heavy atom. The van der Waals surface area contributed by atoms with Crippen molar-refractivity contribution in [2.24, 2.45) is 5.92 Å². The van der Waals surface area contributed by atoms with Gasteiger partial charge in [0.2, 0.25) is 5.88 Å². The molecule has 1 aliphatic rings. The number of rotatable bonds is 6. The van der Waals surface area contributed by atoms with E-state index in [1.54, 1.807) is 24.4 Å². The molecule has 0 radical (unpaired) electrons. The van der Waals surface area contributed by atoms with Crippen LogP contribution in [-0.4, -0.2) is 41.4 Å². The van der Waals surface area contributed by atoms with Crippen molar-refractivity contribution < 1.29 is 24.5 Å². The van der Waals surface area contributed by atoms with Gasteiger partial charge in [0.25, 0.3) is 5.91 Å². The zero-order valence-corrected chi connectivity index (χ0v) is 14.7. The number of benzene rings is 1. The minimum Gasteiger partial charge on any atom is -0.504 e. The van der Waals surface area contributed by atoms with Crippen molar-refractivity contribution in [1.82, 2.24) is 10.3 Å². The summed E-state index contributed by atoms with van der Waals surface area (Å²) in [5.74, 6) is 0.200. The Hall–Kier alpha value is -2.80. The van der Waals surface area contributed by atoms with Crippen molar-refractivity contribution in [1.29, 1.82) is 0 Å². The van der Waals surface area contributed by atoms with E-state index in [0.29, 0.717) is 18.7 Å². The lowest BCUT2D eigenvalue weighted by Crippen LogP contribution is -2.41. The van der Waals surface area contributed by atoms with Crippen LogP contribution in [0.15, 0.2) is 36.5 Å². The zero-order valence-electron chi connectivity index (χ0n) is 14.7. The standard InChI is InChI=1S/C19H22N2O5/c1-25-15-5-3-4-14(18(15)23)19(24)21-17(12-8-13(22)9-12)11-6-7-16(26-2)20-10-11/h3-7,10,12-13,17,22-23H,8-9H2,1-2H3,(H,21,24)/t12?,13?,17-/m0/s1. The Labute approximate surface area is 151 Å². The first-order valence-electron chi connectivity index (χ1n) is 8.38. The molecule has 1 fully saturated rings. The fourth-order valence-electron chi connectivity index (χ4n) is 3.16. The fraction of sp³-hybridized carbons (Fsp3) is 0.368. The number of phenols is 1. The lowest BCUT2D eigenvalue weighted by atomic mass is 9.75. The second-order valence-corrected chi connectivity index (χ2v) is 6.33. The normalized spacial score (nSPS) is 20.0. The minimum atomic E-state index is -0.413. The predicted molar refractivity (Wildman–Crippen MR) is 94.4 cm³/mol. The van der Waals surface area contributed by atoms with Crippen LogP contribution in [0.5, 0.6) is 17.4 Å². The smallest absolute Gasteiger partial charge is 0.255 e. The molecule has 3 N–H and O–H groups in total. The molecule has 0 unspecified atom stereocenters. The van der Waals surface area contributed by atoms with E-state index >= 15 is 0 Å². The number of para-hydroxylation sites is 1. The largest absolute Gasteiger partial charge is 0.504 e. The molecule has 1 aromatic carbocycles. The quantitative estimate of drug-likeness (QED) is 0.731. The summed E-state index contributed by atoms with van der Waals surface area (Å²) in [6, 6.07) is 8.00. The lowest BCUT2D eigenvalue weighted by molar-refractivity contribution is 0.0234. The number of methoxy groups -OCH3 is 2. The van der Waals surface area contributed by atoms with Gasteiger partial charge in [-0.3, -0.25) is 4.79 Å². The van der Waals surface area contributed by atoms with Crippen molar-refractivity contribution in [2.45, 2.75) is 25.0 Å². The molecule has 0 spiro atoms. The van der Waals surface area contributed by atoms with E-state index < -0.39 is 5.91 Å². The van der Waals surface area contributed by atoms with Gasteiger partial charge in [-0.1, -0.05) is 12.1 Å². The van der Waals surface area contributed by atoms with Gasteiger partial charge in [-0.05, 0) is 36.5 Å². The van der Waals surface area contributed by atoms with Gasteiger partial charge in [-0.25, -0.2) is 4.98 Å². The summed E-state index contributed by atoms with van der Waals surface area (Å²) in [4.78, 5) is 16.9. The van der Waals surface area contributed by atoms with Crippen LogP contribution in [-0.2, 0) is 0 Å². The highest BCUT2D eigenvalue weighted by molar-refractivity contribution is 5.97. The van der Waals surface area contributed by atoms with Crippen LogP contribution >= 0.6 is 0 Å². The van der Waals surface area contributed by atoms with E-state index in [9.17, 15) is 15.0 Å². The first kappa shape index (κ1) is 18.0. The van der Waals surface area contributed by atoms with Crippen LogP contribution in [0.2, 0.25) is 0 Å². The van der Waals surface area contributed by atoms with Crippen molar-refractivity contribution in [3.63, 3.8) is 0 Å². The van der Waals surface area contributed by atoms with Gasteiger partial charge >= 0.3 is 0 Å². The monoisotopic (exact) mass is 358 g/mol. The Morgan fingerprint density at radius 2 is 2.00 bits per heavy atom. The summed E-state index contributed by atoms with van der Waals surface area (Å²) in [5, 5.41) is 22.8. The van der Waals surface area contributed by atoms with Gasteiger partial charge in [0.05, 0.1) is 31.9 Å². The van der Waals surface area contributed by atoms with Gasteiger partial charge in [0, 0.05) is 12.3 Å². The number of nitrogens with one attached hydrogen (secondary N) is 1. The molecule has 1 saturated carbocycles. The van der Waals surface area contributed by atoms with Crippen LogP contribution < -0.4 is 14.8 Å². The maximum absolute atomic E-state index is 12.7. The predicted octanol–water partition coefficient (Wildman–Crippen LogP) is 2.05. The number of aromatic hydroxyl groups is 1. The average Bonchev–Trinajstić information content (AvgIpc) is 2.64. The average molecular weight is 358 g/mol. The molecule has 7 heteroatoms. The SMILES string of the molecule is COc1ccc([C@H](NC(=O)c2cccc(OC)c2O)C2CC(O)C2)cn1. The second-order valence-electron chi connectivity index (χ2n) is 6.33. The van der Waals surface area contributed by atoms with Crippen molar-refractivity contribution in [3.05, 3.63) is 47.7 Å². The molecule has 0 saturated heterocycles. The third-order valence-corrected chi connectivity index (χ3v) is 4.70. The Kier molecular flexibility index (Phi) is 5.27. The number of aliphatic hydroxyl groups is 1. The molecule has 1 amide bonds. The summed E-state index contributed by atoms with van der Waals surface area (Å²) in [6.07, 6.45) is 2.50. The number of aliphatic hydroxyl groups excluding tert-OH is 1. The molecule has 138 valence electrons. The molecule has 1 aliphatic carbocycles. The number of hydrogen-bond donors (Lipinski definition) is 3. The van der Waals surface area contributed by atoms with E-state index in [2.05, 4.69) is 10.3 Å². The molecular formula is C19H22N2O5. The number of aromatic nitrogens is 1. The number of nitrogens with zero attached hydrogens (tertiary/aromatic N) is 1. The number of hydrogen-bond acceptors (Lipinski definition) is 6. The highest BCUT2D eigenvalue weighted by atomic mass is 16.5. The van der Waals surface area contributed by atoms with Gasteiger partial charge in [0.1, 0.15) is 0 Å². The highest BCUT2D eigenvalue weighted by Crippen LogP contribution is 2.39. The summed E-state index contributed by atoms with van der Waals surface area (Å²) in [5.41, 5.74) is 0.953. The zero-order chi connectivity index (χ0) is 18.7. The van der Waals surface area contributed by atoms with Crippen LogP contribution in [0.25, 0.3) is 0 Å². The van der Waals surface area contributed by atoms with Crippen molar-refractivity contribution in [2.75, 3.05) is 14.2 Å². The first-order valence-corrected chi connectivity index (χ1v) is 8.38. The summed E-state index contributed by atoms with van der Waals surface area (Å²) in [7, 11) is 2.97. The summed E-state index contributed by atoms with van der Waals surface area (Å²) < 4.78 is 10.1. The molecule has 1 atom stereocenters. The number of phenolic OH excluding ortho intramolecular Hbond substituents is 1. The Balaban J connectivity index is 1.84. The first-order chi connectivity index (χ1) is 12.5. The third kappa shape index (κ3) is 3.57. The summed E-state index contributed by atoms with van der Waals surface area (Å²) in [6.45, 7) is 0. The van der Waals surface area contributed by atoms with Crippen LogP contribution in [0.3, 0.4) is 0 Å². The number of carbonyl (C=O) groups excluding carboxylic acids is 1. The maximum atomic E-state index is 12.7. The number of carbonyl (C=O) groups is 1. The van der Waals surface area contributed by atoms with Crippen LogP contribution in [0.4, 0.5) is 0 Å². The molecule has 26 heavy (non-hydrogen) atoms. The molecule has 2 aromatic rings. The van der Waals surface area contributed by atoms with E-state index in [4.69, 9.17) is 9.47 Å². The minimum absolute atomic E-state index is 0.0943. The molecule has 3 rings (SSSR count). The molecule has 0 bridgehead atoms. The van der Waals surface area contributed by atoms with E-state index in [0.717, 1.165) is 5.56 Å².